The summed E-state index contributed by atoms with van der Waals surface area (Å²) >= 11 is 3.44. The predicted octanol–water partition coefficient (Wildman–Crippen LogP) is 3.62. The number of hydrogen-bond acceptors (Lipinski definition) is 1. The van der Waals surface area contributed by atoms with Crippen molar-refractivity contribution in [2.75, 3.05) is 0 Å². The molecule has 2 heteroatoms. The molecule has 0 radical (unpaired) electrons. The molecule has 66 valence electrons. The van der Waals surface area contributed by atoms with Gasteiger partial charge in [0, 0.05) is 9.86 Å². The van der Waals surface area contributed by atoms with E-state index >= 15 is 0 Å². The molecule has 13 heavy (non-hydrogen) atoms. The molecule has 0 bridgehead atoms. The molecule has 1 nitrogen and oxygen atoms in total. The van der Waals surface area contributed by atoms with E-state index in [0.717, 1.165) is 20.8 Å². The van der Waals surface area contributed by atoms with E-state index in [0.29, 0.717) is 5.75 Å². The largest absolute Gasteiger partial charge is 0.507 e. The first-order valence-electron chi connectivity index (χ1n) is 4.06. The van der Waals surface area contributed by atoms with E-state index in [-0.39, 0.29) is 0 Å². The van der Waals surface area contributed by atoms with Crippen LogP contribution in [-0.4, -0.2) is 5.11 Å². The van der Waals surface area contributed by atoms with Crippen molar-refractivity contribution >= 4 is 26.7 Å². The van der Waals surface area contributed by atoms with Crippen LogP contribution in [0.25, 0.3) is 10.8 Å². The number of halogens is 1. The minimum atomic E-state index is 0.335. The molecule has 0 spiro atoms. The standard InChI is InChI=1S/C11H9BrO/c1-7-2-3-8-9(6-7)11(13)5-4-10(8)12/h2-6,13H,1H3. The van der Waals surface area contributed by atoms with Gasteiger partial charge in [0.25, 0.3) is 0 Å². The van der Waals surface area contributed by atoms with E-state index in [2.05, 4.69) is 15.9 Å². The normalized spacial score (nSPS) is 10.6. The minimum Gasteiger partial charge on any atom is -0.507 e. The van der Waals surface area contributed by atoms with E-state index in [9.17, 15) is 5.11 Å². The van der Waals surface area contributed by atoms with Crippen LogP contribution in [0, 0.1) is 6.92 Å². The maximum Gasteiger partial charge on any atom is 0.123 e. The maximum atomic E-state index is 9.60. The van der Waals surface area contributed by atoms with E-state index in [1.165, 1.54) is 0 Å². The van der Waals surface area contributed by atoms with Gasteiger partial charge in [-0.3, -0.25) is 0 Å². The highest BCUT2D eigenvalue weighted by molar-refractivity contribution is 9.10. The second-order valence-electron chi connectivity index (χ2n) is 3.12. The summed E-state index contributed by atoms with van der Waals surface area (Å²) < 4.78 is 1.01. The van der Waals surface area contributed by atoms with Gasteiger partial charge in [0.15, 0.2) is 0 Å². The van der Waals surface area contributed by atoms with Gasteiger partial charge in [-0.2, -0.15) is 0 Å². The molecule has 0 fully saturated rings. The van der Waals surface area contributed by atoms with Crippen molar-refractivity contribution in [2.45, 2.75) is 6.92 Å². The predicted molar refractivity (Wildman–Crippen MR) is 58.0 cm³/mol. The quantitative estimate of drug-likeness (QED) is 0.741. The third-order valence-corrected chi connectivity index (χ3v) is 2.79. The number of aryl methyl sites for hydroxylation is 1. The van der Waals surface area contributed by atoms with Crippen LogP contribution in [0.4, 0.5) is 0 Å². The molecule has 0 saturated carbocycles. The molecule has 2 rings (SSSR count). The lowest BCUT2D eigenvalue weighted by Gasteiger charge is -2.03. The number of hydrogen-bond donors (Lipinski definition) is 1. The Balaban J connectivity index is 2.92. The molecule has 0 heterocycles. The van der Waals surface area contributed by atoms with Crippen LogP contribution in [0.5, 0.6) is 5.75 Å². The Kier molecular flexibility index (Phi) is 2.00. The van der Waals surface area contributed by atoms with Gasteiger partial charge in [-0.25, -0.2) is 0 Å². The summed E-state index contributed by atoms with van der Waals surface area (Å²) in [4.78, 5) is 0. The van der Waals surface area contributed by atoms with E-state index < -0.39 is 0 Å². The summed E-state index contributed by atoms with van der Waals surface area (Å²) in [6.07, 6.45) is 0. The smallest absolute Gasteiger partial charge is 0.123 e. The van der Waals surface area contributed by atoms with Crippen molar-refractivity contribution in [3.63, 3.8) is 0 Å². The first-order chi connectivity index (χ1) is 6.18. The van der Waals surface area contributed by atoms with Crippen molar-refractivity contribution in [2.24, 2.45) is 0 Å². The second-order valence-corrected chi connectivity index (χ2v) is 3.97. The summed E-state index contributed by atoms with van der Waals surface area (Å²) in [6, 6.07) is 9.58. The molecule has 2 aromatic carbocycles. The fourth-order valence-electron chi connectivity index (χ4n) is 1.41. The summed E-state index contributed by atoms with van der Waals surface area (Å²) in [5.41, 5.74) is 1.15. The van der Waals surface area contributed by atoms with Crippen molar-refractivity contribution in [3.05, 3.63) is 40.4 Å². The van der Waals surface area contributed by atoms with Gasteiger partial charge in [-0.05, 0) is 30.5 Å². The molecule has 0 atom stereocenters. The number of phenols is 1. The Hall–Kier alpha value is -1.02. The van der Waals surface area contributed by atoms with E-state index in [1.807, 2.05) is 31.2 Å². The Bertz CT molecular complexity index is 463. The van der Waals surface area contributed by atoms with Gasteiger partial charge in [0.05, 0.1) is 0 Å². The Morgan fingerprint density at radius 1 is 1.08 bits per heavy atom. The molecule has 0 aliphatic carbocycles. The van der Waals surface area contributed by atoms with Crippen LogP contribution in [0.2, 0.25) is 0 Å². The van der Waals surface area contributed by atoms with Gasteiger partial charge in [0.2, 0.25) is 0 Å². The van der Waals surface area contributed by atoms with E-state index in [1.54, 1.807) is 6.07 Å². The molecular weight excluding hydrogens is 228 g/mol. The monoisotopic (exact) mass is 236 g/mol. The van der Waals surface area contributed by atoms with Crippen LogP contribution in [0.3, 0.4) is 0 Å². The van der Waals surface area contributed by atoms with Crippen LogP contribution in [-0.2, 0) is 0 Å². The van der Waals surface area contributed by atoms with Gasteiger partial charge < -0.3 is 5.11 Å². The molecule has 2 aromatic rings. The first-order valence-corrected chi connectivity index (χ1v) is 4.85. The zero-order valence-electron chi connectivity index (χ0n) is 7.21. The summed E-state index contributed by atoms with van der Waals surface area (Å²) in [6.45, 7) is 2.01. The highest BCUT2D eigenvalue weighted by atomic mass is 79.9. The topological polar surface area (TPSA) is 20.2 Å². The highest BCUT2D eigenvalue weighted by Crippen LogP contribution is 2.31. The summed E-state index contributed by atoms with van der Waals surface area (Å²) in [5, 5.41) is 11.5. The lowest BCUT2D eigenvalue weighted by Crippen LogP contribution is -1.78. The molecule has 0 saturated heterocycles. The number of benzene rings is 2. The van der Waals surface area contributed by atoms with Crippen molar-refractivity contribution < 1.29 is 5.11 Å². The van der Waals surface area contributed by atoms with Crippen molar-refractivity contribution in [1.82, 2.24) is 0 Å². The fourth-order valence-corrected chi connectivity index (χ4v) is 1.89. The lowest BCUT2D eigenvalue weighted by atomic mass is 10.1. The van der Waals surface area contributed by atoms with Gasteiger partial charge in [-0.15, -0.1) is 0 Å². The minimum absolute atomic E-state index is 0.335. The molecule has 0 unspecified atom stereocenters. The number of phenolic OH excluding ortho intramolecular Hbond substituents is 1. The highest BCUT2D eigenvalue weighted by Gasteiger charge is 2.02. The molecule has 0 aromatic heterocycles. The average molecular weight is 237 g/mol. The Morgan fingerprint density at radius 2 is 1.85 bits per heavy atom. The van der Waals surface area contributed by atoms with E-state index in [4.69, 9.17) is 0 Å². The average Bonchev–Trinajstić information content (AvgIpc) is 2.12. The first kappa shape index (κ1) is 8.57. The van der Waals surface area contributed by atoms with Gasteiger partial charge in [-0.1, -0.05) is 33.6 Å². The molecule has 0 amide bonds. The zero-order valence-corrected chi connectivity index (χ0v) is 8.80. The Labute approximate surface area is 85.1 Å². The SMILES string of the molecule is Cc1ccc2c(Br)ccc(O)c2c1. The summed E-state index contributed by atoms with van der Waals surface area (Å²) in [7, 11) is 0. The van der Waals surface area contributed by atoms with Crippen LogP contribution in [0.15, 0.2) is 34.8 Å². The number of aromatic hydroxyl groups is 1. The zero-order chi connectivity index (χ0) is 9.42. The van der Waals surface area contributed by atoms with Crippen LogP contribution < -0.4 is 0 Å². The fraction of sp³-hybridized carbons (Fsp3) is 0.0909. The Morgan fingerprint density at radius 3 is 2.62 bits per heavy atom. The third-order valence-electron chi connectivity index (χ3n) is 2.10. The van der Waals surface area contributed by atoms with Crippen LogP contribution >= 0.6 is 15.9 Å². The lowest BCUT2D eigenvalue weighted by molar-refractivity contribution is 0.481. The van der Waals surface area contributed by atoms with Gasteiger partial charge >= 0.3 is 0 Å². The maximum absolute atomic E-state index is 9.60. The number of fused-ring (bicyclic) bond motifs is 1. The van der Waals surface area contributed by atoms with Crippen LogP contribution in [0.1, 0.15) is 5.56 Å². The second kappa shape index (κ2) is 3.04. The molecule has 1 N–H and O–H groups in total. The number of rotatable bonds is 0. The van der Waals surface area contributed by atoms with Crippen molar-refractivity contribution in [3.8, 4) is 5.75 Å². The molecule has 0 aliphatic heterocycles. The molecule has 0 aliphatic rings. The van der Waals surface area contributed by atoms with Crippen molar-refractivity contribution in [1.29, 1.82) is 0 Å². The third kappa shape index (κ3) is 1.42. The molecular formula is C11H9BrO. The summed E-state index contributed by atoms with van der Waals surface area (Å²) in [5.74, 6) is 0.335. The van der Waals surface area contributed by atoms with Gasteiger partial charge in [0.1, 0.15) is 5.75 Å².